The predicted molar refractivity (Wildman–Crippen MR) is 109 cm³/mol. The first-order valence-electron chi connectivity index (χ1n) is 8.68. The number of aromatic nitrogens is 1. The number of hydrogen-bond donors (Lipinski definition) is 0. The van der Waals surface area contributed by atoms with Crippen LogP contribution in [-0.2, 0) is 11.2 Å². The van der Waals surface area contributed by atoms with Crippen molar-refractivity contribution in [1.29, 1.82) is 0 Å². The number of fused-ring (bicyclic) bond motifs is 1. The van der Waals surface area contributed by atoms with Crippen LogP contribution in [0.15, 0.2) is 41.1 Å². The molecule has 0 aliphatic carbocycles. The fraction of sp³-hybridized carbons (Fsp3) is 0.333. The number of carbonyl (C=O) groups is 1. The molecular weight excluding hydrogens is 414 g/mol. The van der Waals surface area contributed by atoms with Gasteiger partial charge in [-0.15, -0.1) is 0 Å². The van der Waals surface area contributed by atoms with Gasteiger partial charge in [-0.25, -0.2) is 4.98 Å². The Hall–Kier alpha value is -1.65. The molecule has 3 nitrogen and oxygen atoms in total. The fourth-order valence-electron chi connectivity index (χ4n) is 3.33. The minimum Gasteiger partial charge on any atom is -0.493 e. The molecule has 0 radical (unpaired) electrons. The molecule has 1 aliphatic heterocycles. The average Bonchev–Trinajstić information content (AvgIpc) is 2.62. The highest BCUT2D eigenvalue weighted by Crippen LogP contribution is 2.34. The quantitative estimate of drug-likeness (QED) is 0.448. The third kappa shape index (κ3) is 3.86. The molecule has 1 aromatic carbocycles. The Balaban J connectivity index is 1.92. The average molecular weight is 435 g/mol. The monoisotopic (exact) mass is 433 g/mol. The fourth-order valence-corrected chi connectivity index (χ4v) is 3.87. The number of carbonyl (C=O) groups excluding carboxylic acids is 1. The van der Waals surface area contributed by atoms with Gasteiger partial charge in [0.1, 0.15) is 10.4 Å². The van der Waals surface area contributed by atoms with Crippen molar-refractivity contribution in [2.24, 2.45) is 5.92 Å². The summed E-state index contributed by atoms with van der Waals surface area (Å²) in [5, 5.41) is 0.658. The summed E-state index contributed by atoms with van der Waals surface area (Å²) < 4.78 is 6.59. The molecule has 136 valence electrons. The first-order valence-corrected chi connectivity index (χ1v) is 9.85. The number of rotatable bonds is 4. The highest BCUT2D eigenvalue weighted by Gasteiger charge is 2.29. The van der Waals surface area contributed by atoms with Crippen LogP contribution in [0, 0.1) is 5.92 Å². The number of Topliss-reactive ketones (excluding diaryl/α,β-unsaturated/α-hetero) is 1. The number of pyridine rings is 1. The Kier molecular flexibility index (Phi) is 5.83. The summed E-state index contributed by atoms with van der Waals surface area (Å²) in [5.41, 5.74) is 3.68. The number of ketones is 1. The number of benzene rings is 1. The van der Waals surface area contributed by atoms with Crippen molar-refractivity contribution in [3.05, 3.63) is 62.9 Å². The lowest BCUT2D eigenvalue weighted by molar-refractivity contribution is -0.118. The maximum absolute atomic E-state index is 13.3. The van der Waals surface area contributed by atoms with Crippen LogP contribution in [0.2, 0.25) is 5.02 Å². The number of nitrogens with zero attached hydrogens (tertiary/aromatic N) is 1. The van der Waals surface area contributed by atoms with E-state index in [-0.39, 0.29) is 17.6 Å². The lowest BCUT2D eigenvalue weighted by Crippen LogP contribution is -2.29. The van der Waals surface area contributed by atoms with Crippen LogP contribution in [-0.4, -0.2) is 17.4 Å². The molecule has 0 saturated carbocycles. The Morgan fingerprint density at radius 2 is 2.15 bits per heavy atom. The van der Waals surface area contributed by atoms with Crippen LogP contribution in [0.1, 0.15) is 43.4 Å². The number of halogens is 2. The van der Waals surface area contributed by atoms with Crippen molar-refractivity contribution in [1.82, 2.24) is 4.98 Å². The Morgan fingerprint density at radius 3 is 2.85 bits per heavy atom. The van der Waals surface area contributed by atoms with Crippen molar-refractivity contribution in [3.63, 3.8) is 0 Å². The van der Waals surface area contributed by atoms with Crippen LogP contribution in [0.5, 0.6) is 5.75 Å². The van der Waals surface area contributed by atoms with Crippen LogP contribution in [0.4, 0.5) is 0 Å². The summed E-state index contributed by atoms with van der Waals surface area (Å²) in [4.78, 5) is 17.6. The predicted octanol–water partition coefficient (Wildman–Crippen LogP) is 5.84. The molecule has 0 spiro atoms. The minimum atomic E-state index is -0.226. The van der Waals surface area contributed by atoms with Gasteiger partial charge in [-0.1, -0.05) is 31.5 Å². The van der Waals surface area contributed by atoms with Crippen LogP contribution in [0.3, 0.4) is 0 Å². The van der Waals surface area contributed by atoms with Crippen LogP contribution in [0.25, 0.3) is 5.57 Å². The second-order valence-corrected chi connectivity index (χ2v) is 8.03. The zero-order valence-electron chi connectivity index (χ0n) is 15.1. The van der Waals surface area contributed by atoms with Gasteiger partial charge in [0, 0.05) is 22.4 Å². The van der Waals surface area contributed by atoms with E-state index >= 15 is 0 Å². The van der Waals surface area contributed by atoms with E-state index in [0.717, 1.165) is 27.0 Å². The zero-order chi connectivity index (χ0) is 18.8. The normalized spacial score (nSPS) is 17.0. The number of ether oxygens (including phenoxy) is 1. The molecule has 0 saturated heterocycles. The third-order valence-electron chi connectivity index (χ3n) is 4.67. The van der Waals surface area contributed by atoms with Gasteiger partial charge in [-0.3, -0.25) is 4.79 Å². The van der Waals surface area contributed by atoms with E-state index in [2.05, 4.69) is 34.8 Å². The number of allylic oxidation sites excluding steroid dienone is 2. The van der Waals surface area contributed by atoms with Gasteiger partial charge in [-0.05, 0) is 70.6 Å². The molecule has 1 unspecified atom stereocenters. The van der Waals surface area contributed by atoms with E-state index in [1.54, 1.807) is 6.20 Å². The molecule has 1 atom stereocenters. The number of hydrogen-bond acceptors (Lipinski definition) is 3. The summed E-state index contributed by atoms with van der Waals surface area (Å²) in [6.07, 6.45) is 4.29. The topological polar surface area (TPSA) is 39.2 Å². The molecule has 1 aromatic heterocycles. The molecule has 26 heavy (non-hydrogen) atoms. The van der Waals surface area contributed by atoms with E-state index in [1.807, 2.05) is 37.3 Å². The molecular formula is C21H21BrClNO2. The summed E-state index contributed by atoms with van der Waals surface area (Å²) in [5.74, 6) is 0.961. The maximum atomic E-state index is 13.3. The molecule has 0 fully saturated rings. The van der Waals surface area contributed by atoms with Crippen LogP contribution >= 0.6 is 27.5 Å². The van der Waals surface area contributed by atoms with E-state index in [9.17, 15) is 4.79 Å². The van der Waals surface area contributed by atoms with Gasteiger partial charge in [0.05, 0.1) is 12.5 Å². The lowest BCUT2D eigenvalue weighted by atomic mass is 9.84. The van der Waals surface area contributed by atoms with Crippen molar-refractivity contribution in [2.45, 2.75) is 33.1 Å². The van der Waals surface area contributed by atoms with Gasteiger partial charge >= 0.3 is 0 Å². The van der Waals surface area contributed by atoms with E-state index in [4.69, 9.17) is 16.3 Å². The van der Waals surface area contributed by atoms with Gasteiger partial charge in [0.15, 0.2) is 5.78 Å². The van der Waals surface area contributed by atoms with Gasteiger partial charge < -0.3 is 4.74 Å². The second kappa shape index (κ2) is 7.93. The molecule has 2 heterocycles. The van der Waals surface area contributed by atoms with Crippen molar-refractivity contribution >= 4 is 38.9 Å². The van der Waals surface area contributed by atoms with Crippen LogP contribution < -0.4 is 4.74 Å². The maximum Gasteiger partial charge on any atom is 0.170 e. The highest BCUT2D eigenvalue weighted by atomic mass is 79.9. The molecule has 3 rings (SSSR count). The summed E-state index contributed by atoms with van der Waals surface area (Å²) in [6, 6.07) is 7.54. The third-order valence-corrected chi connectivity index (χ3v) is 5.34. The molecule has 1 aliphatic rings. The zero-order valence-corrected chi connectivity index (χ0v) is 17.4. The minimum absolute atomic E-state index is 0.0872. The molecule has 0 amide bonds. The van der Waals surface area contributed by atoms with Crippen molar-refractivity contribution < 1.29 is 9.53 Å². The lowest BCUT2D eigenvalue weighted by Gasteiger charge is -2.26. The van der Waals surface area contributed by atoms with Crippen molar-refractivity contribution in [2.75, 3.05) is 6.61 Å². The molecule has 2 aromatic rings. The van der Waals surface area contributed by atoms with E-state index < -0.39 is 0 Å². The summed E-state index contributed by atoms with van der Waals surface area (Å²) in [7, 11) is 0. The van der Waals surface area contributed by atoms with Gasteiger partial charge in [-0.2, -0.15) is 0 Å². The molecule has 5 heteroatoms. The highest BCUT2D eigenvalue weighted by molar-refractivity contribution is 9.10. The smallest absolute Gasteiger partial charge is 0.170 e. The molecule has 0 N–H and O–H groups in total. The Morgan fingerprint density at radius 1 is 1.38 bits per heavy atom. The van der Waals surface area contributed by atoms with Gasteiger partial charge in [0.25, 0.3) is 0 Å². The Labute approximate surface area is 167 Å². The first-order chi connectivity index (χ1) is 12.4. The summed E-state index contributed by atoms with van der Waals surface area (Å²) >= 11 is 9.52. The van der Waals surface area contributed by atoms with Crippen molar-refractivity contribution in [3.8, 4) is 5.75 Å². The SMILES string of the molecule is C/C=C(/C(=O)C1COc2ccc(Cl)cc2C1)c1cnc(Br)cc1C(C)C. The summed E-state index contributed by atoms with van der Waals surface area (Å²) in [6.45, 7) is 6.51. The van der Waals surface area contributed by atoms with Gasteiger partial charge in [0.2, 0.25) is 0 Å². The van der Waals surface area contributed by atoms with E-state index in [1.165, 1.54) is 0 Å². The second-order valence-electron chi connectivity index (χ2n) is 6.78. The largest absolute Gasteiger partial charge is 0.493 e. The first kappa shape index (κ1) is 19.1. The molecule has 0 bridgehead atoms. The standard InChI is InChI=1S/C21H21BrClNO2/c1-4-16(18-10-24-20(22)9-17(18)12(2)3)21(25)14-7-13-8-15(23)5-6-19(13)26-11-14/h4-6,8-10,12,14H,7,11H2,1-3H3/b16-4+. The van der Waals surface area contributed by atoms with E-state index in [0.29, 0.717) is 23.6 Å². The Bertz CT molecular complexity index is 876.